The summed E-state index contributed by atoms with van der Waals surface area (Å²) in [6.07, 6.45) is 3.75. The van der Waals surface area contributed by atoms with Gasteiger partial charge >= 0.3 is 0 Å². The summed E-state index contributed by atoms with van der Waals surface area (Å²) in [7, 11) is 0. The molecular formula is C79H58N2O. The molecule has 1 unspecified atom stereocenters. The minimum Gasteiger partial charge on any atom is -0.457 e. The fourth-order valence-electron chi connectivity index (χ4n) is 12.7. The molecule has 0 N–H and O–H groups in total. The molecule has 3 nitrogen and oxygen atoms in total. The number of ether oxygens (including phenoxy) is 1. The number of aromatic nitrogens is 1. The van der Waals surface area contributed by atoms with Gasteiger partial charge in [0.05, 0.1) is 16.4 Å². The summed E-state index contributed by atoms with van der Waals surface area (Å²) in [5, 5.41) is 2.42. The van der Waals surface area contributed by atoms with Crippen molar-refractivity contribution in [2.45, 2.75) is 19.3 Å². The fraction of sp³-hybridized carbons (Fsp3) is 0.0380. The van der Waals surface area contributed by atoms with Crippen LogP contribution in [0, 0.1) is 13.8 Å². The molecule has 0 bridgehead atoms. The highest BCUT2D eigenvalue weighted by Crippen LogP contribution is 2.58. The van der Waals surface area contributed by atoms with Gasteiger partial charge in [-0.3, -0.25) is 0 Å². The zero-order valence-corrected chi connectivity index (χ0v) is 45.9. The number of para-hydroxylation sites is 1. The van der Waals surface area contributed by atoms with Crippen molar-refractivity contribution in [3.05, 3.63) is 337 Å². The highest BCUT2D eigenvalue weighted by atomic mass is 16.5. The lowest BCUT2D eigenvalue weighted by Gasteiger charge is -2.35. The third-order valence-corrected chi connectivity index (χ3v) is 16.7. The lowest BCUT2D eigenvalue weighted by Crippen LogP contribution is -2.29. The van der Waals surface area contributed by atoms with Crippen molar-refractivity contribution < 1.29 is 4.74 Å². The van der Waals surface area contributed by atoms with Gasteiger partial charge in [0.15, 0.2) is 0 Å². The summed E-state index contributed by atoms with van der Waals surface area (Å²) in [6, 6.07) is 102. The third-order valence-electron chi connectivity index (χ3n) is 16.7. The number of anilines is 3. The van der Waals surface area contributed by atoms with E-state index in [-0.39, 0.29) is 0 Å². The molecule has 12 aromatic carbocycles. The van der Waals surface area contributed by atoms with Crippen LogP contribution in [0.1, 0.15) is 44.5 Å². The highest BCUT2D eigenvalue weighted by molar-refractivity contribution is 6.11. The highest BCUT2D eigenvalue weighted by Gasteiger charge is 2.47. The molecule has 1 heterocycles. The van der Waals surface area contributed by atoms with Gasteiger partial charge < -0.3 is 14.2 Å². The first kappa shape index (κ1) is 49.8. The Balaban J connectivity index is 0.912. The Morgan fingerprint density at radius 2 is 0.829 bits per heavy atom. The second-order valence-electron chi connectivity index (χ2n) is 21.5. The molecular weight excluding hydrogens is 993 g/mol. The molecule has 1 aliphatic rings. The molecule has 1 atom stereocenters. The third kappa shape index (κ3) is 8.54. The Kier molecular flexibility index (Phi) is 12.5. The van der Waals surface area contributed by atoms with Crippen molar-refractivity contribution in [3.8, 4) is 61.7 Å². The summed E-state index contributed by atoms with van der Waals surface area (Å²) in [6.45, 7) is 12.3. The van der Waals surface area contributed by atoms with Crippen LogP contribution in [-0.2, 0) is 5.41 Å². The second kappa shape index (κ2) is 20.6. The van der Waals surface area contributed by atoms with Crippen LogP contribution in [0.25, 0.3) is 84.2 Å². The first-order valence-electron chi connectivity index (χ1n) is 28.1. The molecule has 82 heavy (non-hydrogen) atoms. The normalized spacial score (nSPS) is 13.4. The number of hydrogen-bond donors (Lipinski definition) is 0. The maximum atomic E-state index is 6.69. The zero-order valence-electron chi connectivity index (χ0n) is 45.9. The number of rotatable bonds is 13. The van der Waals surface area contributed by atoms with Crippen LogP contribution in [0.3, 0.4) is 0 Å². The van der Waals surface area contributed by atoms with E-state index >= 15 is 0 Å². The van der Waals surface area contributed by atoms with E-state index in [1.165, 1.54) is 77.4 Å². The zero-order chi connectivity index (χ0) is 55.3. The maximum Gasteiger partial charge on any atom is 0.133 e. The molecule has 14 rings (SSSR count). The van der Waals surface area contributed by atoms with Gasteiger partial charge in [0.25, 0.3) is 0 Å². The van der Waals surface area contributed by atoms with Gasteiger partial charge in [-0.2, -0.15) is 0 Å². The number of benzene rings is 12. The first-order valence-corrected chi connectivity index (χ1v) is 28.1. The van der Waals surface area contributed by atoms with Gasteiger partial charge in [-0.1, -0.05) is 219 Å². The smallest absolute Gasteiger partial charge is 0.133 e. The van der Waals surface area contributed by atoms with Crippen LogP contribution in [0.5, 0.6) is 11.5 Å². The number of nitrogens with zero attached hydrogens (tertiary/aromatic N) is 2. The van der Waals surface area contributed by atoms with E-state index in [2.05, 4.69) is 291 Å². The Labute approximate surface area is 480 Å². The van der Waals surface area contributed by atoms with Crippen molar-refractivity contribution in [2.24, 2.45) is 0 Å². The molecule has 1 aromatic heterocycles. The second-order valence-corrected chi connectivity index (χ2v) is 21.5. The molecule has 0 spiro atoms. The molecule has 13 aromatic rings. The van der Waals surface area contributed by atoms with Crippen molar-refractivity contribution >= 4 is 51.0 Å². The lowest BCUT2D eigenvalue weighted by molar-refractivity contribution is 0.474. The molecule has 0 radical (unpaired) electrons. The molecule has 0 fully saturated rings. The Hall–Kier alpha value is -10.5. The predicted octanol–water partition coefficient (Wildman–Crippen LogP) is 21.3. The summed E-state index contributed by atoms with van der Waals surface area (Å²) >= 11 is 0. The van der Waals surface area contributed by atoms with E-state index in [9.17, 15) is 0 Å². The molecule has 0 saturated carbocycles. The van der Waals surface area contributed by atoms with Crippen molar-refractivity contribution in [1.29, 1.82) is 0 Å². The minimum atomic E-state index is -0.658. The summed E-state index contributed by atoms with van der Waals surface area (Å²) in [4.78, 5) is 2.42. The SMILES string of the molecule is C=Cc1ccc(Oc2c(C)cc(C3(c4ccccc4)c4ccccc4-c4ccc(N(c5ccc(-c6ccccc6)cc5)c5ccc(-c6ccc7c(c6)c6cc(-c8ccc(C=C)cc8)ccc6n7-c6ccccc6)cc5)cc43)cc2C)cc1. The van der Waals surface area contributed by atoms with Gasteiger partial charge in [-0.15, -0.1) is 0 Å². The Bertz CT molecular complexity index is 4520. The average molecular weight is 1050 g/mol. The van der Waals surface area contributed by atoms with Gasteiger partial charge in [0.1, 0.15) is 11.5 Å². The van der Waals surface area contributed by atoms with Crippen LogP contribution < -0.4 is 9.64 Å². The van der Waals surface area contributed by atoms with Crippen LogP contribution in [0.15, 0.2) is 292 Å². The summed E-state index contributed by atoms with van der Waals surface area (Å²) in [5.74, 6) is 1.66. The molecule has 390 valence electrons. The van der Waals surface area contributed by atoms with Crippen LogP contribution in [0.4, 0.5) is 17.1 Å². The standard InChI is InChI=1S/C79H58N2O/c1-5-55-26-30-59(31-27-55)61-36-46-76-72(50-61)73-51-62(37-47-77(73)81(76)65-22-14-9-15-23-65)60-34-40-67(41-35-60)80(66-38-32-58(33-39-66)57-18-10-7-11-19-57)68-42-45-71-70-24-16-17-25-74(70)79(75(71)52-68,63-20-12-8-13-21-63)64-48-53(3)78(54(4)49-64)82-69-43-28-56(6-2)29-44-69/h5-52H,1-2H2,3-4H3. The first-order chi connectivity index (χ1) is 40.4. The van der Waals surface area contributed by atoms with Crippen molar-refractivity contribution in [2.75, 3.05) is 4.90 Å². The van der Waals surface area contributed by atoms with Crippen LogP contribution >= 0.6 is 0 Å². The van der Waals surface area contributed by atoms with E-state index < -0.39 is 5.41 Å². The van der Waals surface area contributed by atoms with E-state index in [0.717, 1.165) is 67.6 Å². The largest absolute Gasteiger partial charge is 0.457 e. The number of hydrogen-bond acceptors (Lipinski definition) is 2. The van der Waals surface area contributed by atoms with E-state index in [1.54, 1.807) is 0 Å². The summed E-state index contributed by atoms with van der Waals surface area (Å²) < 4.78 is 9.08. The van der Waals surface area contributed by atoms with Crippen LogP contribution in [-0.4, -0.2) is 4.57 Å². The fourth-order valence-corrected chi connectivity index (χ4v) is 12.7. The van der Waals surface area contributed by atoms with E-state index in [0.29, 0.717) is 0 Å². The maximum absolute atomic E-state index is 6.69. The Morgan fingerprint density at radius 1 is 0.378 bits per heavy atom. The topological polar surface area (TPSA) is 17.4 Å². The van der Waals surface area contributed by atoms with Gasteiger partial charge in [-0.05, 0) is 188 Å². The monoisotopic (exact) mass is 1050 g/mol. The minimum absolute atomic E-state index is 0.658. The van der Waals surface area contributed by atoms with E-state index in [4.69, 9.17) is 4.74 Å². The Morgan fingerprint density at radius 3 is 1.40 bits per heavy atom. The molecule has 1 aliphatic carbocycles. The molecule has 0 aliphatic heterocycles. The van der Waals surface area contributed by atoms with E-state index in [1.807, 2.05) is 36.4 Å². The van der Waals surface area contributed by atoms with Crippen molar-refractivity contribution in [3.63, 3.8) is 0 Å². The quantitative estimate of drug-likeness (QED) is 0.114. The van der Waals surface area contributed by atoms with Gasteiger partial charge in [0, 0.05) is 33.5 Å². The van der Waals surface area contributed by atoms with Crippen molar-refractivity contribution in [1.82, 2.24) is 4.57 Å². The average Bonchev–Trinajstić information content (AvgIpc) is 2.53. The predicted molar refractivity (Wildman–Crippen MR) is 345 cm³/mol. The van der Waals surface area contributed by atoms with Gasteiger partial charge in [-0.25, -0.2) is 0 Å². The number of aryl methyl sites for hydroxylation is 2. The van der Waals surface area contributed by atoms with Crippen LogP contribution in [0.2, 0.25) is 0 Å². The number of fused-ring (bicyclic) bond motifs is 6. The lowest BCUT2D eigenvalue weighted by atomic mass is 9.67. The van der Waals surface area contributed by atoms with Gasteiger partial charge in [0.2, 0.25) is 0 Å². The summed E-state index contributed by atoms with van der Waals surface area (Å²) in [5.41, 5.74) is 24.6. The molecule has 3 heteroatoms. The molecule has 0 amide bonds. The molecule has 0 saturated heterocycles.